The van der Waals surface area contributed by atoms with E-state index in [1.54, 1.807) is 0 Å². The van der Waals surface area contributed by atoms with E-state index in [-0.39, 0.29) is 36.3 Å². The third-order valence-corrected chi connectivity index (χ3v) is 2.61. The number of benzene rings is 1. The molecule has 0 aliphatic rings. The van der Waals surface area contributed by atoms with Gasteiger partial charge in [0.2, 0.25) is 0 Å². The summed E-state index contributed by atoms with van der Waals surface area (Å²) in [5, 5.41) is 15.9. The Kier molecular flexibility index (Phi) is 11.1. The lowest BCUT2D eigenvalue weighted by molar-refractivity contribution is -0.0498. The fourth-order valence-electron chi connectivity index (χ4n) is 1.63. The Labute approximate surface area is 151 Å². The predicted molar refractivity (Wildman–Crippen MR) is 96.3 cm³/mol. The highest BCUT2D eigenvalue weighted by molar-refractivity contribution is 14.0. The van der Waals surface area contributed by atoms with E-state index in [1.807, 2.05) is 6.92 Å². The molecule has 3 N–H and O–H groups in total. The standard InChI is InChI=1S/C15H19F2N3O2.HI/c1-3-9-19-15(18-4-2)20-10-13(21)11-5-7-12(8-6-11)22-14(16)17;/h1,5-8,13-14,21H,4,9-10H2,2H3,(H2,18,19,20);1H. The molecule has 1 unspecified atom stereocenters. The van der Waals surface area contributed by atoms with E-state index < -0.39 is 12.7 Å². The van der Waals surface area contributed by atoms with Crippen LogP contribution in [0.1, 0.15) is 18.6 Å². The molecule has 0 spiro atoms. The van der Waals surface area contributed by atoms with Crippen LogP contribution in [0.15, 0.2) is 29.3 Å². The Hall–Kier alpha value is -1.60. The van der Waals surface area contributed by atoms with E-state index in [0.29, 0.717) is 24.6 Å². The number of nitrogens with one attached hydrogen (secondary N) is 2. The van der Waals surface area contributed by atoms with Crippen molar-refractivity contribution in [3.63, 3.8) is 0 Å². The van der Waals surface area contributed by atoms with Crippen molar-refractivity contribution >= 4 is 29.9 Å². The number of rotatable bonds is 7. The van der Waals surface area contributed by atoms with Crippen LogP contribution >= 0.6 is 24.0 Å². The highest BCUT2D eigenvalue weighted by Crippen LogP contribution is 2.19. The molecule has 0 aliphatic carbocycles. The fraction of sp³-hybridized carbons (Fsp3) is 0.400. The summed E-state index contributed by atoms with van der Waals surface area (Å²) in [6.07, 6.45) is 4.30. The highest BCUT2D eigenvalue weighted by Gasteiger charge is 2.09. The van der Waals surface area contributed by atoms with Gasteiger partial charge in [0.05, 0.1) is 19.2 Å². The zero-order chi connectivity index (χ0) is 16.4. The van der Waals surface area contributed by atoms with E-state index in [2.05, 4.69) is 26.3 Å². The first-order valence-corrected chi connectivity index (χ1v) is 6.75. The summed E-state index contributed by atoms with van der Waals surface area (Å²) in [5.41, 5.74) is 0.554. The SMILES string of the molecule is C#CCNC(=NCC(O)c1ccc(OC(F)F)cc1)NCC.I. The zero-order valence-electron chi connectivity index (χ0n) is 12.6. The summed E-state index contributed by atoms with van der Waals surface area (Å²) in [7, 11) is 0. The predicted octanol–water partition coefficient (Wildman–Crippen LogP) is 2.13. The Morgan fingerprint density at radius 1 is 1.35 bits per heavy atom. The van der Waals surface area contributed by atoms with Gasteiger partial charge in [-0.05, 0) is 24.6 Å². The molecule has 1 rings (SSSR count). The number of hydrogen-bond donors (Lipinski definition) is 3. The summed E-state index contributed by atoms with van der Waals surface area (Å²) >= 11 is 0. The van der Waals surface area contributed by atoms with Crippen molar-refractivity contribution in [3.05, 3.63) is 29.8 Å². The molecule has 23 heavy (non-hydrogen) atoms. The highest BCUT2D eigenvalue weighted by atomic mass is 127. The van der Waals surface area contributed by atoms with Crippen LogP contribution in [0.4, 0.5) is 8.78 Å². The minimum absolute atomic E-state index is 0. The number of aliphatic imine (C=N–C) groups is 1. The number of alkyl halides is 2. The molecule has 0 heterocycles. The van der Waals surface area contributed by atoms with Gasteiger partial charge in [0.25, 0.3) is 0 Å². The Bertz CT molecular complexity index is 518. The first-order chi connectivity index (χ1) is 10.6. The quantitative estimate of drug-likeness (QED) is 0.264. The van der Waals surface area contributed by atoms with Crippen molar-refractivity contribution < 1.29 is 18.6 Å². The molecule has 0 amide bonds. The lowest BCUT2D eigenvalue weighted by Crippen LogP contribution is -2.37. The number of terminal acetylenes is 1. The van der Waals surface area contributed by atoms with Crippen molar-refractivity contribution in [1.29, 1.82) is 0 Å². The number of aliphatic hydroxyl groups excluding tert-OH is 1. The second-order valence-corrected chi connectivity index (χ2v) is 4.24. The van der Waals surface area contributed by atoms with Crippen LogP contribution in [0, 0.1) is 12.3 Å². The number of halogens is 3. The van der Waals surface area contributed by atoms with E-state index in [9.17, 15) is 13.9 Å². The van der Waals surface area contributed by atoms with Gasteiger partial charge in [-0.25, -0.2) is 0 Å². The van der Waals surface area contributed by atoms with Crippen molar-refractivity contribution in [2.45, 2.75) is 19.6 Å². The van der Waals surface area contributed by atoms with Gasteiger partial charge in [0, 0.05) is 6.54 Å². The monoisotopic (exact) mass is 439 g/mol. The zero-order valence-corrected chi connectivity index (χ0v) is 15.0. The van der Waals surface area contributed by atoms with Crippen molar-refractivity contribution in [2.24, 2.45) is 4.99 Å². The maximum Gasteiger partial charge on any atom is 0.387 e. The average molecular weight is 439 g/mol. The lowest BCUT2D eigenvalue weighted by atomic mass is 10.1. The van der Waals surface area contributed by atoms with E-state index in [1.165, 1.54) is 24.3 Å². The summed E-state index contributed by atoms with van der Waals surface area (Å²) in [5.74, 6) is 2.97. The van der Waals surface area contributed by atoms with Gasteiger partial charge < -0.3 is 20.5 Å². The fourth-order valence-corrected chi connectivity index (χ4v) is 1.63. The Balaban J connectivity index is 0.00000484. The molecule has 1 aromatic rings. The first kappa shape index (κ1) is 21.4. The largest absolute Gasteiger partial charge is 0.435 e. The van der Waals surface area contributed by atoms with Crippen LogP contribution in [0.3, 0.4) is 0 Å². The van der Waals surface area contributed by atoms with E-state index in [4.69, 9.17) is 6.42 Å². The molecule has 0 radical (unpaired) electrons. The number of guanidine groups is 1. The van der Waals surface area contributed by atoms with Crippen molar-refractivity contribution in [3.8, 4) is 18.1 Å². The molecule has 1 aromatic carbocycles. The van der Waals surface area contributed by atoms with E-state index >= 15 is 0 Å². The molecule has 0 saturated carbocycles. The number of ether oxygens (including phenoxy) is 1. The molecule has 0 aliphatic heterocycles. The van der Waals surface area contributed by atoms with Gasteiger partial charge in [0.1, 0.15) is 5.75 Å². The molecule has 0 fully saturated rings. The van der Waals surface area contributed by atoms with Crippen molar-refractivity contribution in [2.75, 3.05) is 19.6 Å². The van der Waals surface area contributed by atoms with Gasteiger partial charge in [-0.15, -0.1) is 30.4 Å². The summed E-state index contributed by atoms with van der Waals surface area (Å²) in [6, 6.07) is 5.77. The topological polar surface area (TPSA) is 65.9 Å². The minimum Gasteiger partial charge on any atom is -0.435 e. The van der Waals surface area contributed by atoms with Gasteiger partial charge >= 0.3 is 6.61 Å². The number of aliphatic hydroxyl groups is 1. The molecule has 5 nitrogen and oxygen atoms in total. The van der Waals surface area contributed by atoms with Crippen molar-refractivity contribution in [1.82, 2.24) is 10.6 Å². The van der Waals surface area contributed by atoms with Crippen LogP contribution in [-0.4, -0.2) is 37.3 Å². The molecule has 0 aromatic heterocycles. The molecular weight excluding hydrogens is 419 g/mol. The van der Waals surface area contributed by atoms with Crippen LogP contribution in [0.5, 0.6) is 5.75 Å². The second-order valence-electron chi connectivity index (χ2n) is 4.24. The lowest BCUT2D eigenvalue weighted by Gasteiger charge is -2.12. The van der Waals surface area contributed by atoms with Gasteiger partial charge in [-0.2, -0.15) is 8.78 Å². The van der Waals surface area contributed by atoms with Crippen LogP contribution in [-0.2, 0) is 0 Å². The average Bonchev–Trinajstić information content (AvgIpc) is 2.50. The van der Waals surface area contributed by atoms with Gasteiger partial charge in [-0.1, -0.05) is 18.1 Å². The van der Waals surface area contributed by atoms with Gasteiger partial charge in [-0.3, -0.25) is 4.99 Å². The summed E-state index contributed by atoms with van der Waals surface area (Å²) in [4.78, 5) is 4.20. The van der Waals surface area contributed by atoms with Crippen LogP contribution in [0.25, 0.3) is 0 Å². The number of hydrogen-bond acceptors (Lipinski definition) is 3. The first-order valence-electron chi connectivity index (χ1n) is 6.75. The van der Waals surface area contributed by atoms with Gasteiger partial charge in [0.15, 0.2) is 5.96 Å². The Morgan fingerprint density at radius 2 is 2.00 bits per heavy atom. The molecule has 0 saturated heterocycles. The molecule has 128 valence electrons. The molecule has 0 bridgehead atoms. The number of nitrogens with zero attached hydrogens (tertiary/aromatic N) is 1. The summed E-state index contributed by atoms with van der Waals surface area (Å²) < 4.78 is 28.3. The molecule has 1 atom stereocenters. The molecular formula is C15H20F2IN3O2. The smallest absolute Gasteiger partial charge is 0.387 e. The van der Waals surface area contributed by atoms with E-state index in [0.717, 1.165) is 0 Å². The van der Waals surface area contributed by atoms with Crippen LogP contribution < -0.4 is 15.4 Å². The Morgan fingerprint density at radius 3 is 2.52 bits per heavy atom. The minimum atomic E-state index is -2.87. The third-order valence-electron chi connectivity index (χ3n) is 2.61. The van der Waals surface area contributed by atoms with Crippen LogP contribution in [0.2, 0.25) is 0 Å². The molecule has 8 heteroatoms. The maximum atomic E-state index is 12.0. The normalized spacial score (nSPS) is 12.1. The maximum absolute atomic E-state index is 12.0. The second kappa shape index (κ2) is 11.9. The summed E-state index contributed by atoms with van der Waals surface area (Å²) in [6.45, 7) is 0.124. The third kappa shape index (κ3) is 8.56.